The van der Waals surface area contributed by atoms with E-state index in [1.807, 2.05) is 4.68 Å². The fourth-order valence-corrected chi connectivity index (χ4v) is 9.19. The van der Waals surface area contributed by atoms with Crippen molar-refractivity contribution in [2.75, 3.05) is 0 Å². The summed E-state index contributed by atoms with van der Waals surface area (Å²) in [5.41, 5.74) is 10.2. The fraction of sp³-hybridized carbons (Fsp3) is 0.644. The third kappa shape index (κ3) is 21.2. The van der Waals surface area contributed by atoms with Crippen molar-refractivity contribution < 1.29 is 4.68 Å². The van der Waals surface area contributed by atoms with Gasteiger partial charge in [0.05, 0.1) is 5.57 Å². The minimum atomic E-state index is 1.02. The Morgan fingerprint density at radius 1 is 0.393 bits per heavy atom. The lowest BCUT2D eigenvalue weighted by molar-refractivity contribution is -0.347. The van der Waals surface area contributed by atoms with Crippen LogP contribution in [0.4, 0.5) is 0 Å². The number of rotatable bonds is 38. The minimum absolute atomic E-state index is 1.02. The highest BCUT2D eigenvalue weighted by molar-refractivity contribution is 6.17. The van der Waals surface area contributed by atoms with Crippen molar-refractivity contribution in [3.8, 4) is 0 Å². The third-order valence-corrected chi connectivity index (χ3v) is 13.0. The summed E-state index contributed by atoms with van der Waals surface area (Å²) in [5, 5.41) is 0. The molecule has 1 N–H and O–H groups in total. The maximum Gasteiger partial charge on any atom is 0.216 e. The summed E-state index contributed by atoms with van der Waals surface area (Å²) >= 11 is 0. The van der Waals surface area contributed by atoms with Crippen molar-refractivity contribution in [3.05, 3.63) is 118 Å². The zero-order valence-corrected chi connectivity index (χ0v) is 40.5. The van der Waals surface area contributed by atoms with Crippen LogP contribution in [0.5, 0.6) is 0 Å². The van der Waals surface area contributed by atoms with Crippen molar-refractivity contribution in [3.63, 3.8) is 0 Å². The largest absolute Gasteiger partial charge is 0.448 e. The van der Waals surface area contributed by atoms with Crippen molar-refractivity contribution in [2.24, 2.45) is 0 Å². The Morgan fingerprint density at radius 3 is 1.26 bits per heavy atom. The van der Waals surface area contributed by atoms with Gasteiger partial charge >= 0.3 is 0 Å². The number of hydrogen-bond donors (Lipinski definition) is 0. The van der Waals surface area contributed by atoms with Gasteiger partial charge in [0.15, 0.2) is 0 Å². The average molecular weight is 831 g/mol. The van der Waals surface area contributed by atoms with Gasteiger partial charge in [-0.15, -0.1) is 0 Å². The van der Waals surface area contributed by atoms with E-state index in [1.54, 1.807) is 0 Å². The summed E-state index contributed by atoms with van der Waals surface area (Å²) < 4.78 is 1.86. The Hall–Kier alpha value is -3.13. The Balaban J connectivity index is 1.63. The van der Waals surface area contributed by atoms with Gasteiger partial charge in [-0.2, -0.15) is 0 Å². The zero-order chi connectivity index (χ0) is 43.4. The highest BCUT2D eigenvalue weighted by Crippen LogP contribution is 2.40. The van der Waals surface area contributed by atoms with E-state index in [4.69, 9.17) is 0 Å². The maximum absolute atomic E-state index is 9.96. The van der Waals surface area contributed by atoms with Gasteiger partial charge in [0.2, 0.25) is 11.4 Å². The first-order valence-electron chi connectivity index (χ1n) is 26.5. The van der Waals surface area contributed by atoms with Crippen LogP contribution in [0.3, 0.4) is 0 Å². The molecular formula is C59H94N2. The highest BCUT2D eigenvalue weighted by Gasteiger charge is 2.36. The molecule has 0 radical (unpaired) electrons. The molecular weight excluding hydrogens is 737 g/mol. The summed E-state index contributed by atoms with van der Waals surface area (Å²) in [7, 11) is 0. The van der Waals surface area contributed by atoms with Gasteiger partial charge in [-0.25, -0.2) is 4.68 Å². The fourth-order valence-electron chi connectivity index (χ4n) is 9.19. The van der Waals surface area contributed by atoms with Gasteiger partial charge < -0.3 is 5.84 Å². The van der Waals surface area contributed by atoms with Crippen LogP contribution in [0.2, 0.25) is 0 Å². The first kappa shape index (κ1) is 52.2. The van der Waals surface area contributed by atoms with Crippen LogP contribution in [0.25, 0.3) is 11.5 Å². The van der Waals surface area contributed by atoms with Crippen LogP contribution in [0.15, 0.2) is 90.1 Å². The molecule has 1 heterocycles. The smallest absolute Gasteiger partial charge is 0.216 e. The summed E-state index contributed by atoms with van der Waals surface area (Å²) in [6, 6.07) is 18.1. The lowest BCUT2D eigenvalue weighted by atomic mass is 9.88. The molecule has 1 aliphatic heterocycles. The molecule has 0 spiro atoms. The molecule has 340 valence electrons. The first-order valence-corrected chi connectivity index (χ1v) is 26.5. The van der Waals surface area contributed by atoms with Crippen LogP contribution in [-0.2, 0) is 12.8 Å². The molecule has 0 aromatic heterocycles. The number of nitrogens with zero attached hydrogens (tertiary/aromatic N) is 1. The van der Waals surface area contributed by atoms with E-state index in [9.17, 15) is 5.84 Å². The van der Waals surface area contributed by atoms with Gasteiger partial charge in [0.25, 0.3) is 0 Å². The molecule has 3 rings (SSSR count). The molecule has 2 aromatic carbocycles. The topological polar surface area (TPSA) is 26.8 Å². The second kappa shape index (κ2) is 35.3. The standard InChI is InChI=1S/C59H94N2/c1-5-9-13-15-17-19-21-23-25-27-29-31-33-35-38-44-52-46-40-42-49-54(52)58-56(48-12-8-4)57(51-37-11-7-3)59(61(58)60)55-50-43-41-47-53(55)45-39-36-34-32-30-28-26-24-22-20-18-16-14-10-6-2/h31-34,40-43,46-47,49-51,60H,5-30,35-39,44-45,48H2,1-4H3. The Kier molecular flexibility index (Phi) is 30.3. The SMILES string of the molecule is CCCCC=C1C(CCCC)=C(c2ccccc2CCCC=CCCCCCCCCCCCC)[N+]([NH-])=C1c1ccccc1CCCC=CCCCCCCCCCCCC. The maximum atomic E-state index is 9.96. The molecule has 0 bridgehead atoms. The van der Waals surface area contributed by atoms with E-state index in [0.29, 0.717) is 0 Å². The van der Waals surface area contributed by atoms with E-state index in [1.165, 1.54) is 187 Å². The van der Waals surface area contributed by atoms with Crippen molar-refractivity contribution >= 4 is 11.4 Å². The molecule has 0 saturated heterocycles. The molecule has 0 unspecified atom stereocenters. The quantitative estimate of drug-likeness (QED) is 0.0366. The van der Waals surface area contributed by atoms with Crippen molar-refractivity contribution in [1.82, 2.24) is 0 Å². The Morgan fingerprint density at radius 2 is 0.787 bits per heavy atom. The number of benzene rings is 2. The van der Waals surface area contributed by atoms with Gasteiger partial charge in [-0.3, -0.25) is 0 Å². The average Bonchev–Trinajstić information content (AvgIpc) is 3.55. The molecule has 0 amide bonds. The van der Waals surface area contributed by atoms with Crippen LogP contribution in [-0.4, -0.2) is 10.4 Å². The molecule has 2 heteroatoms. The summed E-state index contributed by atoms with van der Waals surface area (Å²) in [6.07, 6.45) is 56.0. The Labute approximate surface area is 378 Å². The summed E-state index contributed by atoms with van der Waals surface area (Å²) in [5.74, 6) is 9.96. The molecule has 0 atom stereocenters. The number of allylic oxidation sites excluding steroid dienone is 7. The van der Waals surface area contributed by atoms with Crippen LogP contribution < -0.4 is 0 Å². The molecule has 1 aliphatic rings. The monoisotopic (exact) mass is 831 g/mol. The van der Waals surface area contributed by atoms with E-state index >= 15 is 0 Å². The molecule has 0 saturated carbocycles. The predicted octanol–water partition coefficient (Wildman–Crippen LogP) is 19.6. The van der Waals surface area contributed by atoms with Crippen LogP contribution in [0, 0.1) is 0 Å². The van der Waals surface area contributed by atoms with Crippen molar-refractivity contribution in [2.45, 2.75) is 246 Å². The van der Waals surface area contributed by atoms with Gasteiger partial charge in [-0.1, -0.05) is 229 Å². The second-order valence-electron chi connectivity index (χ2n) is 18.4. The van der Waals surface area contributed by atoms with Crippen LogP contribution in [0.1, 0.15) is 255 Å². The molecule has 2 aromatic rings. The number of nitrogens with one attached hydrogen (secondary N) is 1. The zero-order valence-electron chi connectivity index (χ0n) is 40.5. The van der Waals surface area contributed by atoms with E-state index in [2.05, 4.69) is 107 Å². The molecule has 0 fully saturated rings. The van der Waals surface area contributed by atoms with Crippen molar-refractivity contribution in [1.29, 1.82) is 0 Å². The number of hydrogen-bond acceptors (Lipinski definition) is 0. The minimum Gasteiger partial charge on any atom is -0.448 e. The summed E-state index contributed by atoms with van der Waals surface area (Å²) in [4.78, 5) is 0. The molecule has 0 aliphatic carbocycles. The first-order chi connectivity index (χ1) is 30.2. The number of unbranched alkanes of at least 4 members (excludes halogenated alkanes) is 25. The highest BCUT2D eigenvalue weighted by atomic mass is 15.3. The molecule has 61 heavy (non-hydrogen) atoms. The lowest BCUT2D eigenvalue weighted by Crippen LogP contribution is -2.14. The second-order valence-corrected chi connectivity index (χ2v) is 18.4. The van der Waals surface area contributed by atoms with E-state index in [0.717, 1.165) is 75.6 Å². The lowest BCUT2D eigenvalue weighted by Gasteiger charge is -2.13. The summed E-state index contributed by atoms with van der Waals surface area (Å²) in [6.45, 7) is 9.19. The predicted molar refractivity (Wildman–Crippen MR) is 273 cm³/mol. The van der Waals surface area contributed by atoms with Gasteiger partial charge in [0.1, 0.15) is 0 Å². The van der Waals surface area contributed by atoms with E-state index in [-0.39, 0.29) is 0 Å². The van der Waals surface area contributed by atoms with E-state index < -0.39 is 0 Å². The normalized spacial score (nSPS) is 14.0. The van der Waals surface area contributed by atoms with Crippen LogP contribution >= 0.6 is 0 Å². The number of aryl methyl sites for hydroxylation is 2. The molecule has 2 nitrogen and oxygen atoms in total. The third-order valence-electron chi connectivity index (χ3n) is 13.0. The Bertz CT molecular complexity index is 1570. The van der Waals surface area contributed by atoms with Gasteiger partial charge in [0, 0.05) is 16.7 Å². The van der Waals surface area contributed by atoms with Gasteiger partial charge in [-0.05, 0) is 107 Å².